The van der Waals surface area contributed by atoms with Crippen molar-refractivity contribution in [1.82, 2.24) is 34.8 Å². The molecule has 3 aromatic heterocycles. The average Bonchev–Trinajstić information content (AvgIpc) is 3.31. The second kappa shape index (κ2) is 5.72. The third kappa shape index (κ3) is 2.44. The number of nitrogens with zero attached hydrogens (tertiary/aromatic N) is 6. The molecule has 1 fully saturated rings. The molecule has 4 rings (SSSR count). The van der Waals surface area contributed by atoms with Crippen LogP contribution in [0.5, 0.6) is 0 Å². The molecule has 1 aliphatic heterocycles. The molecule has 2 atom stereocenters. The van der Waals surface area contributed by atoms with Crippen molar-refractivity contribution < 1.29 is 4.79 Å². The van der Waals surface area contributed by atoms with Crippen LogP contribution in [0.15, 0.2) is 36.9 Å². The van der Waals surface area contributed by atoms with Gasteiger partial charge in [0.2, 0.25) is 0 Å². The molecule has 1 saturated heterocycles. The maximum atomic E-state index is 12.9. The van der Waals surface area contributed by atoms with E-state index in [1.165, 1.54) is 0 Å². The summed E-state index contributed by atoms with van der Waals surface area (Å²) in [6, 6.07) is 4.09. The number of hydrogen-bond donors (Lipinski definition) is 1. The molecule has 0 radical (unpaired) electrons. The van der Waals surface area contributed by atoms with Gasteiger partial charge in [0.1, 0.15) is 5.65 Å². The number of aromatic nitrogens is 5. The molecule has 8 heteroatoms. The minimum atomic E-state index is 0.0000605. The highest BCUT2D eigenvalue weighted by molar-refractivity contribution is 5.97. The number of H-pyrrole nitrogens is 1. The fourth-order valence-electron chi connectivity index (χ4n) is 3.34. The Morgan fingerprint density at radius 3 is 3.00 bits per heavy atom. The first-order valence-corrected chi connectivity index (χ1v) is 7.88. The molecule has 4 heterocycles. The second-order valence-electron chi connectivity index (χ2n) is 6.33. The van der Waals surface area contributed by atoms with Gasteiger partial charge in [-0.05, 0) is 26.2 Å². The van der Waals surface area contributed by atoms with E-state index < -0.39 is 0 Å². The zero-order valence-corrected chi connectivity index (χ0v) is 13.6. The van der Waals surface area contributed by atoms with E-state index in [1.54, 1.807) is 12.4 Å². The topological polar surface area (TPSA) is 82.9 Å². The number of likely N-dealkylation sites (N-methyl/N-ethyl adjacent to an activating group) is 1. The Balaban J connectivity index is 1.60. The minimum Gasteiger partial charge on any atom is -0.346 e. The molecule has 8 nitrogen and oxygen atoms in total. The highest BCUT2D eigenvalue weighted by Crippen LogP contribution is 2.26. The zero-order valence-electron chi connectivity index (χ0n) is 13.6. The Kier molecular flexibility index (Phi) is 3.53. The molecular formula is C16H19N7O. The lowest BCUT2D eigenvalue weighted by atomic mass is 10.1. The molecule has 0 spiro atoms. The molecule has 1 N–H and O–H groups in total. The lowest BCUT2D eigenvalue weighted by Gasteiger charge is -2.24. The van der Waals surface area contributed by atoms with Crippen molar-refractivity contribution in [2.45, 2.75) is 12.1 Å². The van der Waals surface area contributed by atoms with Crippen LogP contribution in [0.2, 0.25) is 0 Å². The predicted octanol–water partition coefficient (Wildman–Crippen LogP) is 0.782. The minimum absolute atomic E-state index is 0.0000605. The first-order valence-electron chi connectivity index (χ1n) is 7.88. The summed E-state index contributed by atoms with van der Waals surface area (Å²) in [5.41, 5.74) is 1.40. The van der Waals surface area contributed by atoms with E-state index in [4.69, 9.17) is 0 Å². The van der Waals surface area contributed by atoms with E-state index in [0.717, 1.165) is 11.0 Å². The van der Waals surface area contributed by atoms with Crippen LogP contribution in [0.25, 0.3) is 11.0 Å². The molecule has 0 saturated carbocycles. The van der Waals surface area contributed by atoms with Crippen LogP contribution < -0.4 is 0 Å². The summed E-state index contributed by atoms with van der Waals surface area (Å²) in [7, 11) is 4.05. The number of pyridine rings is 1. The van der Waals surface area contributed by atoms with Crippen LogP contribution in [0.4, 0.5) is 0 Å². The average molecular weight is 325 g/mol. The third-order valence-corrected chi connectivity index (χ3v) is 4.64. The van der Waals surface area contributed by atoms with Crippen molar-refractivity contribution in [1.29, 1.82) is 0 Å². The number of aromatic amines is 1. The van der Waals surface area contributed by atoms with Gasteiger partial charge in [0, 0.05) is 37.1 Å². The van der Waals surface area contributed by atoms with Crippen LogP contribution in [0.1, 0.15) is 16.4 Å². The molecule has 0 aromatic carbocycles. The van der Waals surface area contributed by atoms with E-state index in [-0.39, 0.29) is 18.0 Å². The Morgan fingerprint density at radius 1 is 1.38 bits per heavy atom. The second-order valence-corrected chi connectivity index (χ2v) is 6.33. The Bertz CT molecular complexity index is 854. The van der Waals surface area contributed by atoms with E-state index in [1.807, 2.05) is 48.2 Å². The largest absolute Gasteiger partial charge is 0.346 e. The number of rotatable bonds is 3. The summed E-state index contributed by atoms with van der Waals surface area (Å²) >= 11 is 0. The highest BCUT2D eigenvalue weighted by Gasteiger charge is 2.38. The van der Waals surface area contributed by atoms with Crippen molar-refractivity contribution >= 4 is 16.9 Å². The van der Waals surface area contributed by atoms with Crippen LogP contribution in [-0.2, 0) is 0 Å². The number of carbonyl (C=O) groups excluding carboxylic acids is 1. The Hall–Kier alpha value is -2.74. The first-order chi connectivity index (χ1) is 11.6. The summed E-state index contributed by atoms with van der Waals surface area (Å²) in [5, 5.41) is 8.95. The van der Waals surface area contributed by atoms with Gasteiger partial charge in [-0.15, -0.1) is 5.10 Å². The Morgan fingerprint density at radius 2 is 2.25 bits per heavy atom. The van der Waals surface area contributed by atoms with Gasteiger partial charge in [0.25, 0.3) is 5.91 Å². The summed E-state index contributed by atoms with van der Waals surface area (Å²) in [5.74, 6) is 0.0000605. The van der Waals surface area contributed by atoms with E-state index >= 15 is 0 Å². The first kappa shape index (κ1) is 14.8. The molecular weight excluding hydrogens is 306 g/mol. The van der Waals surface area contributed by atoms with Gasteiger partial charge < -0.3 is 14.8 Å². The lowest BCUT2D eigenvalue weighted by Crippen LogP contribution is -2.37. The number of hydrogen-bond acceptors (Lipinski definition) is 5. The highest BCUT2D eigenvalue weighted by atomic mass is 16.2. The smallest absolute Gasteiger partial charge is 0.255 e. The fraction of sp³-hybridized carbons (Fsp3) is 0.375. The molecule has 0 bridgehead atoms. The normalized spacial score (nSPS) is 21.0. The SMILES string of the molecule is CN(C)[C@@H]1CN(C(=O)c2cnc3[nH]ccc3c2)C[C@@H]1n1ccnn1. The van der Waals surface area contributed by atoms with Gasteiger partial charge >= 0.3 is 0 Å². The fourth-order valence-corrected chi connectivity index (χ4v) is 3.34. The summed E-state index contributed by atoms with van der Waals surface area (Å²) in [6.45, 7) is 1.26. The van der Waals surface area contributed by atoms with E-state index in [0.29, 0.717) is 18.7 Å². The van der Waals surface area contributed by atoms with Crippen molar-refractivity contribution in [2.24, 2.45) is 0 Å². The van der Waals surface area contributed by atoms with Gasteiger partial charge in [0.15, 0.2) is 0 Å². The van der Waals surface area contributed by atoms with E-state index in [2.05, 4.69) is 25.2 Å². The maximum Gasteiger partial charge on any atom is 0.255 e. The standard InChI is InChI=1S/C16H19N7O/c1-21(2)13-9-22(10-14(13)23-6-5-19-20-23)16(24)12-7-11-3-4-17-15(11)18-8-12/h3-8,13-14H,9-10H2,1-2H3,(H,17,18)/t13-,14+/m1/s1. The monoisotopic (exact) mass is 325 g/mol. The van der Waals surface area contributed by atoms with Crippen molar-refractivity contribution in [3.05, 3.63) is 42.5 Å². The quantitative estimate of drug-likeness (QED) is 0.769. The van der Waals surface area contributed by atoms with E-state index in [9.17, 15) is 4.79 Å². The third-order valence-electron chi connectivity index (χ3n) is 4.64. The van der Waals surface area contributed by atoms with Gasteiger partial charge in [-0.3, -0.25) is 4.79 Å². The summed E-state index contributed by atoms with van der Waals surface area (Å²) in [6.07, 6.45) is 6.97. The van der Waals surface area contributed by atoms with Crippen LogP contribution >= 0.6 is 0 Å². The molecule has 3 aromatic rings. The molecule has 1 amide bonds. The predicted molar refractivity (Wildman–Crippen MR) is 88.5 cm³/mol. The van der Waals surface area contributed by atoms with Crippen LogP contribution in [0, 0.1) is 0 Å². The van der Waals surface area contributed by atoms with Gasteiger partial charge in [-0.25, -0.2) is 9.67 Å². The number of fused-ring (bicyclic) bond motifs is 1. The summed E-state index contributed by atoms with van der Waals surface area (Å²) in [4.78, 5) is 24.3. The maximum absolute atomic E-state index is 12.9. The van der Waals surface area contributed by atoms with Crippen LogP contribution in [0.3, 0.4) is 0 Å². The van der Waals surface area contributed by atoms with Crippen molar-refractivity contribution in [2.75, 3.05) is 27.2 Å². The number of carbonyl (C=O) groups is 1. The molecule has 0 aliphatic carbocycles. The molecule has 1 aliphatic rings. The number of amides is 1. The number of likely N-dealkylation sites (tertiary alicyclic amines) is 1. The van der Waals surface area contributed by atoms with Crippen molar-refractivity contribution in [3.8, 4) is 0 Å². The molecule has 0 unspecified atom stereocenters. The molecule has 24 heavy (non-hydrogen) atoms. The van der Waals surface area contributed by atoms with Gasteiger partial charge in [-0.1, -0.05) is 5.21 Å². The molecule has 124 valence electrons. The zero-order chi connectivity index (χ0) is 16.7. The van der Waals surface area contributed by atoms with Gasteiger partial charge in [0.05, 0.1) is 23.8 Å². The van der Waals surface area contributed by atoms with Crippen LogP contribution in [-0.4, -0.2) is 73.9 Å². The Labute approximate surface area is 139 Å². The lowest BCUT2D eigenvalue weighted by molar-refractivity contribution is 0.0781. The van der Waals surface area contributed by atoms with Crippen molar-refractivity contribution in [3.63, 3.8) is 0 Å². The summed E-state index contributed by atoms with van der Waals surface area (Å²) < 4.78 is 1.84. The number of nitrogens with one attached hydrogen (secondary N) is 1. The van der Waals surface area contributed by atoms with Gasteiger partial charge in [-0.2, -0.15) is 0 Å².